The van der Waals surface area contributed by atoms with Crippen LogP contribution < -0.4 is 14.2 Å². The minimum atomic E-state index is -4.79. The second kappa shape index (κ2) is 10.5. The number of halogens is 6. The molecule has 1 atom stereocenters. The Labute approximate surface area is 206 Å². The number of cyclic esters (lactones) is 1. The lowest BCUT2D eigenvalue weighted by molar-refractivity contribution is -0.275. The lowest BCUT2D eigenvalue weighted by Crippen LogP contribution is -2.23. The van der Waals surface area contributed by atoms with E-state index in [-0.39, 0.29) is 31.2 Å². The molecule has 0 aromatic heterocycles. The number of hydrogen-bond donors (Lipinski definition) is 0. The van der Waals surface area contributed by atoms with Crippen LogP contribution in [0.1, 0.15) is 22.8 Å². The highest BCUT2D eigenvalue weighted by atomic mass is 19.4. The second-order valence-corrected chi connectivity index (χ2v) is 8.00. The average molecular weight is 527 g/mol. The van der Waals surface area contributed by atoms with Gasteiger partial charge in [-0.1, -0.05) is 36.4 Å². The van der Waals surface area contributed by atoms with Gasteiger partial charge in [0.15, 0.2) is 0 Å². The molecule has 0 N–H and O–H groups in total. The smallest absolute Gasteiger partial charge is 0.489 e. The summed E-state index contributed by atoms with van der Waals surface area (Å²) in [7, 11) is 0. The third-order valence-electron chi connectivity index (χ3n) is 5.21. The molecule has 37 heavy (non-hydrogen) atoms. The van der Waals surface area contributed by atoms with Crippen molar-refractivity contribution in [2.45, 2.75) is 32.0 Å². The van der Waals surface area contributed by atoms with Gasteiger partial charge in [0.1, 0.15) is 30.0 Å². The van der Waals surface area contributed by atoms with Crippen molar-refractivity contribution in [3.05, 3.63) is 89.5 Å². The van der Waals surface area contributed by atoms with Crippen molar-refractivity contribution in [3.8, 4) is 17.2 Å². The van der Waals surface area contributed by atoms with E-state index in [0.717, 1.165) is 0 Å². The number of benzene rings is 3. The van der Waals surface area contributed by atoms with Gasteiger partial charge in [0, 0.05) is 6.54 Å². The van der Waals surface area contributed by atoms with Gasteiger partial charge in [0.05, 0.1) is 6.54 Å². The standard InChI is InChI=1S/C25H19F6NO5/c26-24(27,28)36-19-8-4-16(5-9-19)13-32-14-22(35-23(32)33)18-2-1-3-21(12-18)34-15-17-6-10-20(11-7-17)37-25(29,30)31/h1-12,22H,13-15H2. The summed E-state index contributed by atoms with van der Waals surface area (Å²) in [5, 5.41) is 0. The highest BCUT2D eigenvalue weighted by molar-refractivity contribution is 5.70. The molecule has 6 nitrogen and oxygen atoms in total. The maximum Gasteiger partial charge on any atom is 0.573 e. The molecular weight excluding hydrogens is 508 g/mol. The minimum absolute atomic E-state index is 0.0837. The summed E-state index contributed by atoms with van der Waals surface area (Å²) in [4.78, 5) is 13.8. The number of carbonyl (C=O) groups excluding carboxylic acids is 1. The lowest BCUT2D eigenvalue weighted by Gasteiger charge is -2.14. The molecule has 1 saturated heterocycles. The number of ether oxygens (including phenoxy) is 4. The highest BCUT2D eigenvalue weighted by Gasteiger charge is 2.33. The molecule has 0 spiro atoms. The van der Waals surface area contributed by atoms with Gasteiger partial charge in [-0.15, -0.1) is 26.3 Å². The second-order valence-electron chi connectivity index (χ2n) is 8.00. The molecule has 1 aliphatic heterocycles. The third-order valence-corrected chi connectivity index (χ3v) is 5.21. The van der Waals surface area contributed by atoms with Crippen molar-refractivity contribution in [2.24, 2.45) is 0 Å². The summed E-state index contributed by atoms with van der Waals surface area (Å²) in [6.07, 6.45) is -10.7. The maximum absolute atomic E-state index is 12.3. The van der Waals surface area contributed by atoms with Gasteiger partial charge in [-0.2, -0.15) is 0 Å². The Hall–Kier alpha value is -4.09. The predicted octanol–water partition coefficient (Wildman–Crippen LogP) is 6.76. The van der Waals surface area contributed by atoms with Crippen molar-refractivity contribution in [1.82, 2.24) is 4.90 Å². The van der Waals surface area contributed by atoms with Crippen LogP contribution in [-0.4, -0.2) is 30.3 Å². The molecule has 1 heterocycles. The first kappa shape index (κ1) is 26.0. The summed E-state index contributed by atoms with van der Waals surface area (Å²) in [6, 6.07) is 17.3. The van der Waals surface area contributed by atoms with E-state index in [9.17, 15) is 31.1 Å². The van der Waals surface area contributed by atoms with E-state index in [2.05, 4.69) is 9.47 Å². The molecule has 0 radical (unpaired) electrons. The fraction of sp³-hybridized carbons (Fsp3) is 0.240. The largest absolute Gasteiger partial charge is 0.573 e. The Morgan fingerprint density at radius 2 is 1.35 bits per heavy atom. The van der Waals surface area contributed by atoms with Crippen LogP contribution in [0.4, 0.5) is 31.1 Å². The van der Waals surface area contributed by atoms with Crippen LogP contribution in [0, 0.1) is 0 Å². The van der Waals surface area contributed by atoms with Crippen LogP contribution in [0.25, 0.3) is 0 Å². The summed E-state index contributed by atoms with van der Waals surface area (Å²) < 4.78 is 92.6. The Bertz CT molecular complexity index is 1210. The molecule has 3 aromatic rings. The number of alkyl halides is 6. The summed E-state index contributed by atoms with van der Waals surface area (Å²) >= 11 is 0. The normalized spacial score (nSPS) is 15.9. The zero-order chi connectivity index (χ0) is 26.6. The molecule has 196 valence electrons. The molecule has 1 amide bonds. The zero-order valence-corrected chi connectivity index (χ0v) is 18.9. The van der Waals surface area contributed by atoms with E-state index in [1.54, 1.807) is 24.3 Å². The first-order valence-corrected chi connectivity index (χ1v) is 10.8. The predicted molar refractivity (Wildman–Crippen MR) is 117 cm³/mol. The molecule has 0 saturated carbocycles. The Morgan fingerprint density at radius 3 is 1.92 bits per heavy atom. The van der Waals surface area contributed by atoms with E-state index in [1.165, 1.54) is 53.4 Å². The Kier molecular flexibility index (Phi) is 7.37. The van der Waals surface area contributed by atoms with Crippen LogP contribution in [0.15, 0.2) is 72.8 Å². The lowest BCUT2D eigenvalue weighted by atomic mass is 10.1. The van der Waals surface area contributed by atoms with Crippen molar-refractivity contribution in [2.75, 3.05) is 6.54 Å². The van der Waals surface area contributed by atoms with Gasteiger partial charge in [0.25, 0.3) is 0 Å². The number of amides is 1. The molecule has 3 aromatic carbocycles. The first-order chi connectivity index (χ1) is 17.4. The number of hydrogen-bond acceptors (Lipinski definition) is 5. The third kappa shape index (κ3) is 7.69. The Balaban J connectivity index is 1.32. The fourth-order valence-corrected chi connectivity index (χ4v) is 3.59. The SMILES string of the molecule is O=C1OC(c2cccc(OCc3ccc(OC(F)(F)F)cc3)c2)CN1Cc1ccc(OC(F)(F)F)cc1. The van der Waals surface area contributed by atoms with Crippen LogP contribution in [-0.2, 0) is 17.9 Å². The molecule has 12 heteroatoms. The molecule has 0 bridgehead atoms. The van der Waals surface area contributed by atoms with Crippen molar-refractivity contribution in [3.63, 3.8) is 0 Å². The molecular formula is C25H19F6NO5. The molecule has 1 unspecified atom stereocenters. The van der Waals surface area contributed by atoms with Crippen molar-refractivity contribution in [1.29, 1.82) is 0 Å². The van der Waals surface area contributed by atoms with Gasteiger partial charge < -0.3 is 18.9 Å². The van der Waals surface area contributed by atoms with E-state index < -0.39 is 24.9 Å². The number of rotatable bonds is 8. The summed E-state index contributed by atoms with van der Waals surface area (Å²) in [5.41, 5.74) is 1.87. The number of carbonyl (C=O) groups is 1. The number of nitrogens with zero attached hydrogens (tertiary/aromatic N) is 1. The molecule has 4 rings (SSSR count). The van der Waals surface area contributed by atoms with Gasteiger partial charge >= 0.3 is 18.8 Å². The summed E-state index contributed by atoms with van der Waals surface area (Å²) in [6.45, 7) is 0.427. The zero-order valence-electron chi connectivity index (χ0n) is 18.9. The average Bonchev–Trinajstić information content (AvgIpc) is 3.18. The van der Waals surface area contributed by atoms with Gasteiger partial charge in [-0.3, -0.25) is 4.90 Å². The monoisotopic (exact) mass is 527 g/mol. The van der Waals surface area contributed by atoms with Crippen LogP contribution in [0.3, 0.4) is 0 Å². The first-order valence-electron chi connectivity index (χ1n) is 10.8. The van der Waals surface area contributed by atoms with Crippen LogP contribution in [0.2, 0.25) is 0 Å². The van der Waals surface area contributed by atoms with Crippen LogP contribution in [0.5, 0.6) is 17.2 Å². The van der Waals surface area contributed by atoms with E-state index in [0.29, 0.717) is 22.4 Å². The van der Waals surface area contributed by atoms with E-state index in [4.69, 9.17) is 9.47 Å². The minimum Gasteiger partial charge on any atom is -0.489 e. The molecule has 0 aliphatic carbocycles. The van der Waals surface area contributed by atoms with Gasteiger partial charge in [-0.25, -0.2) is 4.79 Å². The highest BCUT2D eigenvalue weighted by Crippen LogP contribution is 2.30. The summed E-state index contributed by atoms with van der Waals surface area (Å²) in [5.74, 6) is -0.236. The van der Waals surface area contributed by atoms with Crippen molar-refractivity contribution < 1.29 is 50.1 Å². The quantitative estimate of drug-likeness (QED) is 0.303. The maximum atomic E-state index is 12.3. The van der Waals surface area contributed by atoms with Crippen molar-refractivity contribution >= 4 is 6.09 Å². The molecule has 1 aliphatic rings. The van der Waals surface area contributed by atoms with Crippen LogP contribution >= 0.6 is 0 Å². The molecule has 1 fully saturated rings. The van der Waals surface area contributed by atoms with E-state index >= 15 is 0 Å². The Morgan fingerprint density at radius 1 is 0.784 bits per heavy atom. The van der Waals surface area contributed by atoms with E-state index in [1.807, 2.05) is 0 Å². The topological polar surface area (TPSA) is 57.2 Å². The van der Waals surface area contributed by atoms with Gasteiger partial charge in [0.2, 0.25) is 0 Å². The van der Waals surface area contributed by atoms with Gasteiger partial charge in [-0.05, 0) is 53.1 Å². The fourth-order valence-electron chi connectivity index (χ4n) is 3.59.